The van der Waals surface area contributed by atoms with E-state index in [1.165, 1.54) is 11.9 Å². The van der Waals surface area contributed by atoms with E-state index < -0.39 is 5.97 Å². The number of rotatable bonds is 4. The van der Waals surface area contributed by atoms with Crippen LogP contribution >= 0.6 is 0 Å². The van der Waals surface area contributed by atoms with Crippen LogP contribution in [0.3, 0.4) is 0 Å². The van der Waals surface area contributed by atoms with Gasteiger partial charge in [-0.3, -0.25) is 4.79 Å². The van der Waals surface area contributed by atoms with E-state index >= 15 is 0 Å². The van der Waals surface area contributed by atoms with Crippen LogP contribution in [0.15, 0.2) is 35.1 Å². The van der Waals surface area contributed by atoms with E-state index in [0.29, 0.717) is 37.6 Å². The minimum atomic E-state index is -0.724. The lowest BCUT2D eigenvalue weighted by molar-refractivity contribution is -0.142. The Hall–Kier alpha value is -2.96. The van der Waals surface area contributed by atoms with Crippen molar-refractivity contribution in [1.29, 1.82) is 0 Å². The van der Waals surface area contributed by atoms with Crippen LogP contribution in [0, 0.1) is 5.92 Å². The Kier molecular flexibility index (Phi) is 4.51. The number of carboxylic acid groups (broad SMARTS) is 1. The maximum absolute atomic E-state index is 11.2. The van der Waals surface area contributed by atoms with E-state index in [1.807, 2.05) is 12.1 Å². The molecule has 3 aromatic rings. The Morgan fingerprint density at radius 1 is 1.19 bits per heavy atom. The molecule has 0 radical (unpaired) electrons. The number of nitrogens with zero attached hydrogens (tertiary/aromatic N) is 4. The minimum absolute atomic E-state index is 0.288. The zero-order valence-corrected chi connectivity index (χ0v) is 15.4. The molecular weight excluding hydrogens is 344 g/mol. The molecule has 0 unspecified atom stereocenters. The van der Waals surface area contributed by atoms with Gasteiger partial charge in [0.2, 0.25) is 0 Å². The lowest BCUT2D eigenvalue weighted by Gasteiger charge is -2.31. The molecule has 7 nitrogen and oxygen atoms in total. The van der Waals surface area contributed by atoms with Crippen LogP contribution in [0.5, 0.6) is 0 Å². The second kappa shape index (κ2) is 6.98. The monoisotopic (exact) mass is 366 g/mol. The number of hydrogen-bond donors (Lipinski definition) is 1. The third-order valence-electron chi connectivity index (χ3n) is 5.25. The number of hydrogen-bond acceptors (Lipinski definition) is 6. The Morgan fingerprint density at radius 3 is 2.52 bits per heavy atom. The van der Waals surface area contributed by atoms with Crippen molar-refractivity contribution in [2.75, 3.05) is 18.0 Å². The van der Waals surface area contributed by atoms with Crippen molar-refractivity contribution in [3.63, 3.8) is 0 Å². The molecule has 7 heteroatoms. The number of fused-ring (bicyclic) bond motifs is 1. The van der Waals surface area contributed by atoms with E-state index in [2.05, 4.69) is 46.0 Å². The van der Waals surface area contributed by atoms with Crippen molar-refractivity contribution in [1.82, 2.24) is 15.1 Å². The summed E-state index contributed by atoms with van der Waals surface area (Å²) >= 11 is 0. The number of carboxylic acids is 1. The largest absolute Gasteiger partial charge is 0.481 e. The van der Waals surface area contributed by atoms with Gasteiger partial charge in [0.05, 0.1) is 5.92 Å². The van der Waals surface area contributed by atoms with Crippen molar-refractivity contribution in [2.45, 2.75) is 32.6 Å². The summed E-state index contributed by atoms with van der Waals surface area (Å²) in [4.78, 5) is 22.0. The molecule has 1 aromatic carbocycles. The predicted molar refractivity (Wildman–Crippen MR) is 102 cm³/mol. The van der Waals surface area contributed by atoms with Gasteiger partial charge in [-0.2, -0.15) is 4.98 Å². The quantitative estimate of drug-likeness (QED) is 0.752. The van der Waals surface area contributed by atoms with Crippen LogP contribution < -0.4 is 4.90 Å². The van der Waals surface area contributed by atoms with Crippen LogP contribution in [0.25, 0.3) is 22.4 Å². The van der Waals surface area contributed by atoms with E-state index in [0.717, 1.165) is 22.5 Å². The van der Waals surface area contributed by atoms with Crippen LogP contribution in [-0.2, 0) is 4.79 Å². The highest BCUT2D eigenvalue weighted by atomic mass is 16.5. The smallest absolute Gasteiger partial charge is 0.306 e. The van der Waals surface area contributed by atoms with E-state index in [4.69, 9.17) is 4.52 Å². The molecule has 140 valence electrons. The van der Waals surface area contributed by atoms with Crippen molar-refractivity contribution < 1.29 is 14.4 Å². The molecule has 1 fully saturated rings. The summed E-state index contributed by atoms with van der Waals surface area (Å²) in [5.74, 6) is 0.207. The molecule has 0 aliphatic carbocycles. The van der Waals surface area contributed by atoms with Crippen molar-refractivity contribution in [3.8, 4) is 11.3 Å². The van der Waals surface area contributed by atoms with E-state index in [9.17, 15) is 9.90 Å². The molecule has 0 bridgehead atoms. The highest BCUT2D eigenvalue weighted by Gasteiger charge is 2.28. The molecule has 0 amide bonds. The van der Waals surface area contributed by atoms with Gasteiger partial charge in [0.1, 0.15) is 23.2 Å². The summed E-state index contributed by atoms with van der Waals surface area (Å²) < 4.78 is 5.45. The van der Waals surface area contributed by atoms with E-state index in [-0.39, 0.29) is 5.92 Å². The molecular formula is C20H22N4O3. The lowest BCUT2D eigenvalue weighted by atomic mass is 9.96. The third-order valence-corrected chi connectivity index (χ3v) is 5.25. The maximum atomic E-state index is 11.2. The molecule has 0 saturated carbocycles. The average Bonchev–Trinajstić information content (AvgIpc) is 3.12. The molecule has 2 aromatic heterocycles. The van der Waals surface area contributed by atoms with Gasteiger partial charge in [-0.05, 0) is 24.3 Å². The first kappa shape index (κ1) is 17.5. The molecule has 4 rings (SSSR count). The first-order valence-corrected chi connectivity index (χ1v) is 9.23. The standard InChI is InChI=1S/C20H22N4O3/c1-12(2)13-3-5-14(6-4-13)17-16-18(21-11-22-19(16)27-23-17)24-9-7-15(8-10-24)20(25)26/h3-6,11-12,15H,7-10H2,1-2H3,(H,25,26). The number of benzene rings is 1. The van der Waals surface area contributed by atoms with Crippen LogP contribution in [0.1, 0.15) is 38.2 Å². The zero-order valence-electron chi connectivity index (χ0n) is 15.4. The fraction of sp³-hybridized carbons (Fsp3) is 0.400. The van der Waals surface area contributed by atoms with Gasteiger partial charge >= 0.3 is 5.97 Å². The van der Waals surface area contributed by atoms with Crippen molar-refractivity contribution in [2.24, 2.45) is 5.92 Å². The topological polar surface area (TPSA) is 92.4 Å². The highest BCUT2D eigenvalue weighted by molar-refractivity contribution is 5.98. The summed E-state index contributed by atoms with van der Waals surface area (Å²) in [5, 5.41) is 14.2. The fourth-order valence-electron chi connectivity index (χ4n) is 3.57. The number of aromatic nitrogens is 3. The second-order valence-electron chi connectivity index (χ2n) is 7.28. The van der Waals surface area contributed by atoms with Gasteiger partial charge in [-0.25, -0.2) is 4.98 Å². The van der Waals surface area contributed by atoms with Gasteiger partial charge in [-0.15, -0.1) is 0 Å². The minimum Gasteiger partial charge on any atom is -0.481 e. The van der Waals surface area contributed by atoms with E-state index in [1.54, 1.807) is 0 Å². The predicted octanol–water partition coefficient (Wildman–Crippen LogP) is 3.71. The lowest BCUT2D eigenvalue weighted by Crippen LogP contribution is -2.36. The molecule has 1 aliphatic rings. The summed E-state index contributed by atoms with van der Waals surface area (Å²) in [6.45, 7) is 5.60. The maximum Gasteiger partial charge on any atom is 0.306 e. The van der Waals surface area contributed by atoms with Gasteiger partial charge < -0.3 is 14.5 Å². The number of carbonyl (C=O) groups is 1. The van der Waals surface area contributed by atoms with Crippen molar-refractivity contribution >= 4 is 22.9 Å². The summed E-state index contributed by atoms with van der Waals surface area (Å²) in [7, 11) is 0. The van der Waals surface area contributed by atoms with Gasteiger partial charge in [0.25, 0.3) is 5.71 Å². The van der Waals surface area contributed by atoms with Gasteiger partial charge in [0.15, 0.2) is 0 Å². The molecule has 1 saturated heterocycles. The summed E-state index contributed by atoms with van der Waals surface area (Å²) in [6.07, 6.45) is 2.67. The highest BCUT2D eigenvalue weighted by Crippen LogP contribution is 2.35. The van der Waals surface area contributed by atoms with Crippen molar-refractivity contribution in [3.05, 3.63) is 36.2 Å². The molecule has 1 N–H and O–H groups in total. The Morgan fingerprint density at radius 2 is 1.89 bits per heavy atom. The first-order valence-electron chi connectivity index (χ1n) is 9.23. The first-order chi connectivity index (χ1) is 13.0. The molecule has 1 aliphatic heterocycles. The normalized spacial score (nSPS) is 15.6. The van der Waals surface area contributed by atoms with Gasteiger partial charge in [0, 0.05) is 18.7 Å². The SMILES string of the molecule is CC(C)c1ccc(-c2noc3ncnc(N4CCC(C(=O)O)CC4)c23)cc1. The zero-order chi connectivity index (χ0) is 19.0. The fourth-order valence-corrected chi connectivity index (χ4v) is 3.57. The summed E-state index contributed by atoms with van der Waals surface area (Å²) in [6, 6.07) is 8.28. The Balaban J connectivity index is 1.71. The van der Waals surface area contributed by atoms with Crippen LogP contribution in [0.2, 0.25) is 0 Å². The molecule has 0 spiro atoms. The molecule has 3 heterocycles. The molecule has 0 atom stereocenters. The average molecular weight is 366 g/mol. The summed E-state index contributed by atoms with van der Waals surface area (Å²) in [5.41, 5.74) is 3.38. The van der Waals surface area contributed by atoms with Crippen LogP contribution in [-0.4, -0.2) is 39.3 Å². The Bertz CT molecular complexity index is 957. The second-order valence-corrected chi connectivity index (χ2v) is 7.28. The van der Waals surface area contributed by atoms with Crippen LogP contribution in [0.4, 0.5) is 5.82 Å². The Labute approximate surface area is 157 Å². The number of aliphatic carboxylic acids is 1. The number of piperidine rings is 1. The van der Waals surface area contributed by atoms with Gasteiger partial charge in [-0.1, -0.05) is 43.3 Å². The molecule has 27 heavy (non-hydrogen) atoms. The third kappa shape index (κ3) is 3.25. The number of anilines is 1.